The Morgan fingerprint density at radius 1 is 1.29 bits per heavy atom. The average Bonchev–Trinajstić information content (AvgIpc) is 3.08. The normalized spacial score (nSPS) is 25.2. The third-order valence-electron chi connectivity index (χ3n) is 5.91. The van der Waals surface area contributed by atoms with Gasteiger partial charge in [0.2, 0.25) is 11.8 Å². The molecule has 0 aromatic heterocycles. The fourth-order valence-electron chi connectivity index (χ4n) is 4.24. The maximum atomic E-state index is 12.8. The second-order valence-corrected chi connectivity index (χ2v) is 7.91. The van der Waals surface area contributed by atoms with Gasteiger partial charge in [-0.05, 0) is 48.3 Å². The number of nitrogens with zero attached hydrogens (tertiary/aromatic N) is 1. The molecule has 9 heteroatoms. The quantitative estimate of drug-likeness (QED) is 0.563. The van der Waals surface area contributed by atoms with Gasteiger partial charge in [-0.3, -0.25) is 9.59 Å². The highest BCUT2D eigenvalue weighted by atomic mass is 16.5. The summed E-state index contributed by atoms with van der Waals surface area (Å²) in [5.74, 6) is 0.256. The molecule has 3 atom stereocenters. The Balaban J connectivity index is 1.32. The molecule has 31 heavy (non-hydrogen) atoms. The van der Waals surface area contributed by atoms with E-state index in [1.54, 1.807) is 36.3 Å². The van der Waals surface area contributed by atoms with Crippen LogP contribution < -0.4 is 20.7 Å². The standard InChI is InChI=1S/C22H26N4O5/c1-31-16-5-3-15(4-6-16)24-22(30)23-11-13-2-7-17-14(10-13)12-26(21(17)29)18-8-9-19(27)25-20(18)28/h2-6,10,17-18,20,28H,7-9,11-12H2,1H3,(H,25,27)(H2,23,24,30). The van der Waals surface area contributed by atoms with Crippen LogP contribution in [0.5, 0.6) is 5.75 Å². The average molecular weight is 426 g/mol. The number of piperidine rings is 1. The summed E-state index contributed by atoms with van der Waals surface area (Å²) >= 11 is 0. The summed E-state index contributed by atoms with van der Waals surface area (Å²) in [5, 5.41) is 18.3. The molecule has 0 bridgehead atoms. The lowest BCUT2D eigenvalue weighted by Gasteiger charge is -2.35. The maximum absolute atomic E-state index is 12.8. The van der Waals surface area contributed by atoms with E-state index in [2.05, 4.69) is 16.0 Å². The van der Waals surface area contributed by atoms with Crippen molar-refractivity contribution < 1.29 is 24.2 Å². The number of aliphatic hydroxyl groups excluding tert-OH is 1. The number of aliphatic hydroxyl groups is 1. The second kappa shape index (κ2) is 8.81. The number of allylic oxidation sites excluding steroid dienone is 1. The van der Waals surface area contributed by atoms with Crippen molar-refractivity contribution in [3.63, 3.8) is 0 Å². The van der Waals surface area contributed by atoms with Gasteiger partial charge in [0.05, 0.1) is 19.1 Å². The molecule has 4 rings (SSSR count). The zero-order chi connectivity index (χ0) is 22.0. The predicted octanol–water partition coefficient (Wildman–Crippen LogP) is 1.13. The molecular weight excluding hydrogens is 400 g/mol. The number of nitrogens with one attached hydrogen (secondary N) is 3. The molecule has 2 heterocycles. The summed E-state index contributed by atoms with van der Waals surface area (Å²) in [6.07, 6.45) is 4.18. The number of methoxy groups -OCH3 is 1. The van der Waals surface area contributed by atoms with Crippen LogP contribution in [0.3, 0.4) is 0 Å². The monoisotopic (exact) mass is 426 g/mol. The lowest BCUT2D eigenvalue weighted by Crippen LogP contribution is -2.56. The fraction of sp³-hybridized carbons (Fsp3) is 0.409. The molecule has 2 saturated heterocycles. The van der Waals surface area contributed by atoms with E-state index in [0.29, 0.717) is 43.8 Å². The number of rotatable bonds is 5. The topological polar surface area (TPSA) is 120 Å². The SMILES string of the molecule is COc1ccc(NC(=O)NCC2=CCC3C(=O)N(C4CCC(=O)NC4O)CC3=C2)cc1. The lowest BCUT2D eigenvalue weighted by atomic mass is 9.90. The number of benzene rings is 1. The van der Waals surface area contributed by atoms with Crippen LogP contribution in [0.2, 0.25) is 0 Å². The van der Waals surface area contributed by atoms with Crippen molar-refractivity contribution in [3.05, 3.63) is 47.6 Å². The van der Waals surface area contributed by atoms with Crippen LogP contribution in [0, 0.1) is 5.92 Å². The van der Waals surface area contributed by atoms with E-state index in [-0.39, 0.29) is 23.8 Å². The zero-order valence-electron chi connectivity index (χ0n) is 17.3. The van der Waals surface area contributed by atoms with Crippen molar-refractivity contribution in [1.82, 2.24) is 15.5 Å². The Morgan fingerprint density at radius 2 is 2.06 bits per heavy atom. The van der Waals surface area contributed by atoms with E-state index in [1.807, 2.05) is 12.2 Å². The van der Waals surface area contributed by atoms with E-state index >= 15 is 0 Å². The molecule has 4 amide bonds. The number of fused-ring (bicyclic) bond motifs is 1. The van der Waals surface area contributed by atoms with Crippen molar-refractivity contribution in [2.75, 3.05) is 25.5 Å². The van der Waals surface area contributed by atoms with Crippen molar-refractivity contribution in [1.29, 1.82) is 0 Å². The van der Waals surface area contributed by atoms with Gasteiger partial charge in [-0.25, -0.2) is 4.79 Å². The first kappa shape index (κ1) is 20.9. The number of likely N-dealkylation sites (tertiary alicyclic amines) is 1. The Labute approximate surface area is 180 Å². The molecule has 0 radical (unpaired) electrons. The van der Waals surface area contributed by atoms with Gasteiger partial charge in [0, 0.05) is 25.2 Å². The number of ether oxygens (including phenoxy) is 1. The van der Waals surface area contributed by atoms with Gasteiger partial charge in [0.1, 0.15) is 12.0 Å². The highest BCUT2D eigenvalue weighted by Gasteiger charge is 2.43. The van der Waals surface area contributed by atoms with E-state index in [1.165, 1.54) is 0 Å². The first-order valence-corrected chi connectivity index (χ1v) is 10.3. The molecule has 1 aromatic rings. The lowest BCUT2D eigenvalue weighted by molar-refractivity contribution is -0.141. The minimum Gasteiger partial charge on any atom is -0.497 e. The maximum Gasteiger partial charge on any atom is 0.319 e. The smallest absolute Gasteiger partial charge is 0.319 e. The highest BCUT2D eigenvalue weighted by molar-refractivity contribution is 5.90. The third kappa shape index (κ3) is 4.56. The summed E-state index contributed by atoms with van der Waals surface area (Å²) in [7, 11) is 1.58. The Kier molecular flexibility index (Phi) is 5.94. The van der Waals surface area contributed by atoms with Crippen LogP contribution in [0.4, 0.5) is 10.5 Å². The third-order valence-corrected chi connectivity index (χ3v) is 5.91. The van der Waals surface area contributed by atoms with Crippen LogP contribution >= 0.6 is 0 Å². The number of amides is 4. The molecule has 4 N–H and O–H groups in total. The van der Waals surface area contributed by atoms with E-state index in [4.69, 9.17) is 4.74 Å². The zero-order valence-corrected chi connectivity index (χ0v) is 17.3. The minimum absolute atomic E-state index is 0.0213. The largest absolute Gasteiger partial charge is 0.497 e. The van der Waals surface area contributed by atoms with Gasteiger partial charge in [0.15, 0.2) is 0 Å². The number of hydrogen-bond donors (Lipinski definition) is 4. The van der Waals surface area contributed by atoms with Crippen molar-refractivity contribution in [2.45, 2.75) is 31.5 Å². The molecule has 164 valence electrons. The number of anilines is 1. The summed E-state index contributed by atoms with van der Waals surface area (Å²) in [5.41, 5.74) is 2.57. The fourth-order valence-corrected chi connectivity index (χ4v) is 4.24. The van der Waals surface area contributed by atoms with Gasteiger partial charge in [-0.1, -0.05) is 12.2 Å². The van der Waals surface area contributed by atoms with E-state index < -0.39 is 12.3 Å². The Bertz CT molecular complexity index is 940. The minimum atomic E-state index is -1.04. The summed E-state index contributed by atoms with van der Waals surface area (Å²) in [4.78, 5) is 38.1. The van der Waals surface area contributed by atoms with Crippen LogP contribution in [0.25, 0.3) is 0 Å². The molecule has 3 unspecified atom stereocenters. The van der Waals surface area contributed by atoms with Gasteiger partial charge in [-0.15, -0.1) is 0 Å². The number of carbonyl (C=O) groups excluding carboxylic acids is 3. The van der Waals surface area contributed by atoms with Crippen LogP contribution in [-0.4, -0.2) is 60.3 Å². The van der Waals surface area contributed by atoms with Crippen molar-refractivity contribution >= 4 is 23.5 Å². The molecule has 9 nitrogen and oxygen atoms in total. The first-order valence-electron chi connectivity index (χ1n) is 10.3. The number of carbonyl (C=O) groups is 3. The molecule has 1 aromatic carbocycles. The second-order valence-electron chi connectivity index (χ2n) is 7.91. The Morgan fingerprint density at radius 3 is 2.77 bits per heavy atom. The molecule has 2 fully saturated rings. The number of urea groups is 1. The Hall–Kier alpha value is -3.33. The highest BCUT2D eigenvalue weighted by Crippen LogP contribution is 2.35. The molecule has 1 aliphatic carbocycles. The summed E-state index contributed by atoms with van der Waals surface area (Å²) < 4.78 is 5.10. The van der Waals surface area contributed by atoms with E-state index in [9.17, 15) is 19.5 Å². The van der Waals surface area contributed by atoms with E-state index in [0.717, 1.165) is 11.1 Å². The van der Waals surface area contributed by atoms with Crippen LogP contribution in [0.15, 0.2) is 47.6 Å². The summed E-state index contributed by atoms with van der Waals surface area (Å²) in [6.45, 7) is 0.769. The van der Waals surface area contributed by atoms with Gasteiger partial charge >= 0.3 is 6.03 Å². The van der Waals surface area contributed by atoms with Crippen LogP contribution in [-0.2, 0) is 9.59 Å². The molecule has 2 aliphatic heterocycles. The number of hydrogen-bond acceptors (Lipinski definition) is 5. The molecule has 0 saturated carbocycles. The molecule has 3 aliphatic rings. The predicted molar refractivity (Wildman–Crippen MR) is 113 cm³/mol. The molecular formula is C22H26N4O5. The van der Waals surface area contributed by atoms with Crippen molar-refractivity contribution in [2.24, 2.45) is 5.92 Å². The van der Waals surface area contributed by atoms with Gasteiger partial charge in [-0.2, -0.15) is 0 Å². The first-order chi connectivity index (χ1) is 14.9. The van der Waals surface area contributed by atoms with Crippen LogP contribution in [0.1, 0.15) is 19.3 Å². The molecule has 0 spiro atoms. The van der Waals surface area contributed by atoms with Gasteiger partial charge < -0.3 is 30.7 Å². The van der Waals surface area contributed by atoms with Gasteiger partial charge in [0.25, 0.3) is 0 Å². The summed E-state index contributed by atoms with van der Waals surface area (Å²) in [6, 6.07) is 6.31. The van der Waals surface area contributed by atoms with Crippen molar-refractivity contribution in [3.8, 4) is 5.75 Å².